The maximum Gasteiger partial charge on any atom is 0.0963 e. The van der Waals surface area contributed by atoms with Crippen molar-refractivity contribution >= 4 is 0 Å². The third kappa shape index (κ3) is 4.50. The highest BCUT2D eigenvalue weighted by Crippen LogP contribution is 2.20. The Morgan fingerprint density at radius 1 is 1.36 bits per heavy atom. The van der Waals surface area contributed by atoms with Crippen LogP contribution in [-0.4, -0.2) is 6.61 Å². The molecular formula is C13H24O. The van der Waals surface area contributed by atoms with Crippen molar-refractivity contribution in [2.75, 3.05) is 6.61 Å². The Morgan fingerprint density at radius 3 is 2.36 bits per heavy atom. The van der Waals surface area contributed by atoms with Gasteiger partial charge < -0.3 is 4.74 Å². The summed E-state index contributed by atoms with van der Waals surface area (Å²) in [5.41, 5.74) is 1.38. The van der Waals surface area contributed by atoms with Gasteiger partial charge in [0.05, 0.1) is 12.4 Å². The molecular weight excluding hydrogens is 172 g/mol. The molecule has 1 heteroatoms. The predicted octanol–water partition coefficient (Wildman–Crippen LogP) is 4.31. The van der Waals surface area contributed by atoms with Gasteiger partial charge in [-0.3, -0.25) is 0 Å². The molecule has 1 rings (SSSR count). The molecule has 1 heterocycles. The number of hydrogen-bond donors (Lipinski definition) is 0. The van der Waals surface area contributed by atoms with Gasteiger partial charge in [0.25, 0.3) is 0 Å². The summed E-state index contributed by atoms with van der Waals surface area (Å²) in [5, 5.41) is 0. The largest absolute Gasteiger partial charge is 0.498 e. The van der Waals surface area contributed by atoms with Crippen molar-refractivity contribution < 1.29 is 4.74 Å². The lowest BCUT2D eigenvalue weighted by atomic mass is 10.0. The first-order valence-electron chi connectivity index (χ1n) is 5.73. The van der Waals surface area contributed by atoms with Gasteiger partial charge in [-0.05, 0) is 30.9 Å². The summed E-state index contributed by atoms with van der Waals surface area (Å²) in [7, 11) is 0. The number of rotatable bonds is 2. The van der Waals surface area contributed by atoms with Crippen LogP contribution in [-0.2, 0) is 4.74 Å². The van der Waals surface area contributed by atoms with Crippen molar-refractivity contribution in [3.05, 3.63) is 23.5 Å². The van der Waals surface area contributed by atoms with Crippen molar-refractivity contribution in [2.45, 2.75) is 47.5 Å². The Labute approximate surface area is 88.9 Å². The van der Waals surface area contributed by atoms with E-state index in [4.69, 9.17) is 4.74 Å². The van der Waals surface area contributed by atoms with E-state index in [0.29, 0.717) is 5.92 Å². The van der Waals surface area contributed by atoms with E-state index in [0.717, 1.165) is 18.8 Å². The molecule has 82 valence electrons. The Hall–Kier alpha value is -0.720. The quantitative estimate of drug-likeness (QED) is 0.639. The van der Waals surface area contributed by atoms with Gasteiger partial charge in [-0.25, -0.2) is 0 Å². The van der Waals surface area contributed by atoms with Gasteiger partial charge >= 0.3 is 0 Å². The van der Waals surface area contributed by atoms with E-state index in [1.165, 1.54) is 12.0 Å². The summed E-state index contributed by atoms with van der Waals surface area (Å²) >= 11 is 0. The molecule has 0 aliphatic carbocycles. The molecule has 0 radical (unpaired) electrons. The first-order chi connectivity index (χ1) is 6.74. The minimum Gasteiger partial charge on any atom is -0.498 e. The number of hydrogen-bond acceptors (Lipinski definition) is 1. The Morgan fingerprint density at radius 2 is 2.00 bits per heavy atom. The normalized spacial score (nSPS) is 19.3. The third-order valence-corrected chi connectivity index (χ3v) is 2.18. The fourth-order valence-electron chi connectivity index (χ4n) is 1.40. The second-order valence-corrected chi connectivity index (χ2v) is 3.51. The van der Waals surface area contributed by atoms with Crippen molar-refractivity contribution in [3.63, 3.8) is 0 Å². The van der Waals surface area contributed by atoms with E-state index >= 15 is 0 Å². The van der Waals surface area contributed by atoms with Crippen LogP contribution in [0.1, 0.15) is 47.5 Å². The van der Waals surface area contributed by atoms with E-state index in [2.05, 4.69) is 32.9 Å². The summed E-state index contributed by atoms with van der Waals surface area (Å²) < 4.78 is 5.46. The van der Waals surface area contributed by atoms with Gasteiger partial charge in [0.1, 0.15) is 0 Å². The smallest absolute Gasteiger partial charge is 0.0963 e. The van der Waals surface area contributed by atoms with Crippen LogP contribution < -0.4 is 0 Å². The average molecular weight is 196 g/mol. The molecule has 0 spiro atoms. The molecule has 1 nitrogen and oxygen atoms in total. The van der Waals surface area contributed by atoms with Crippen LogP contribution >= 0.6 is 0 Å². The first-order valence-corrected chi connectivity index (χ1v) is 5.73. The van der Waals surface area contributed by atoms with Gasteiger partial charge in [0.15, 0.2) is 0 Å². The molecule has 0 unspecified atom stereocenters. The fraction of sp³-hybridized carbons (Fsp3) is 0.692. The lowest BCUT2D eigenvalue weighted by Crippen LogP contribution is -1.91. The molecule has 1 fully saturated rings. The summed E-state index contributed by atoms with van der Waals surface area (Å²) in [5.74, 6) is 1.77. The topological polar surface area (TPSA) is 9.23 Å². The molecule has 0 aromatic heterocycles. The van der Waals surface area contributed by atoms with Crippen LogP contribution in [0.15, 0.2) is 23.5 Å². The molecule has 14 heavy (non-hydrogen) atoms. The number of allylic oxidation sites excluding steroid dienone is 4. The van der Waals surface area contributed by atoms with Crippen LogP contribution in [0.2, 0.25) is 0 Å². The summed E-state index contributed by atoms with van der Waals surface area (Å²) in [6.45, 7) is 11.4. The minimum absolute atomic E-state index is 0.603. The van der Waals surface area contributed by atoms with E-state index in [1.807, 2.05) is 13.8 Å². The van der Waals surface area contributed by atoms with E-state index < -0.39 is 0 Å². The zero-order valence-corrected chi connectivity index (χ0v) is 10.3. The van der Waals surface area contributed by atoms with Gasteiger partial charge in [-0.15, -0.1) is 0 Å². The van der Waals surface area contributed by atoms with E-state index in [9.17, 15) is 0 Å². The lowest BCUT2D eigenvalue weighted by molar-refractivity contribution is 0.263. The standard InChI is InChI=1S/C11H18O.C2H6/c1-4-10(9(2)3)8-11-6-5-7-12-11;1-2/h4,8-9H,5-7H2,1-3H3;1-2H3/b10-4+,11-8+;. The van der Waals surface area contributed by atoms with Crippen LogP contribution in [0, 0.1) is 5.92 Å². The zero-order chi connectivity index (χ0) is 11.0. The Balaban J connectivity index is 0.000000791. The summed E-state index contributed by atoms with van der Waals surface area (Å²) in [4.78, 5) is 0. The predicted molar refractivity (Wildman–Crippen MR) is 63.2 cm³/mol. The molecule has 0 saturated carbocycles. The zero-order valence-electron chi connectivity index (χ0n) is 10.3. The maximum atomic E-state index is 5.46. The van der Waals surface area contributed by atoms with Crippen LogP contribution in [0.25, 0.3) is 0 Å². The van der Waals surface area contributed by atoms with Gasteiger partial charge in [0, 0.05) is 6.42 Å². The van der Waals surface area contributed by atoms with E-state index in [1.54, 1.807) is 0 Å². The monoisotopic (exact) mass is 196 g/mol. The molecule has 0 aromatic carbocycles. The minimum atomic E-state index is 0.603. The first kappa shape index (κ1) is 13.3. The van der Waals surface area contributed by atoms with Crippen LogP contribution in [0.4, 0.5) is 0 Å². The molecule has 1 aliphatic heterocycles. The third-order valence-electron chi connectivity index (χ3n) is 2.18. The summed E-state index contributed by atoms with van der Waals surface area (Å²) in [6, 6.07) is 0. The number of ether oxygens (including phenoxy) is 1. The van der Waals surface area contributed by atoms with Crippen molar-refractivity contribution in [2.24, 2.45) is 5.92 Å². The van der Waals surface area contributed by atoms with Crippen LogP contribution in [0.5, 0.6) is 0 Å². The van der Waals surface area contributed by atoms with Crippen LogP contribution in [0.3, 0.4) is 0 Å². The molecule has 0 aromatic rings. The second kappa shape index (κ2) is 7.66. The highest BCUT2D eigenvalue weighted by molar-refractivity contribution is 5.23. The molecule has 0 atom stereocenters. The van der Waals surface area contributed by atoms with Crippen molar-refractivity contribution in [1.82, 2.24) is 0 Å². The molecule has 1 aliphatic rings. The molecule has 0 N–H and O–H groups in total. The Bertz CT molecular complexity index is 191. The van der Waals surface area contributed by atoms with Gasteiger partial charge in [-0.2, -0.15) is 0 Å². The fourth-order valence-corrected chi connectivity index (χ4v) is 1.40. The highest BCUT2D eigenvalue weighted by Gasteiger charge is 2.08. The lowest BCUT2D eigenvalue weighted by Gasteiger charge is -2.06. The highest BCUT2D eigenvalue weighted by atomic mass is 16.5. The SMILES string of the molecule is C/C=C(\C=C1/CCCO1)C(C)C.CC. The van der Waals surface area contributed by atoms with Gasteiger partial charge in [0.2, 0.25) is 0 Å². The molecule has 0 amide bonds. The van der Waals surface area contributed by atoms with E-state index in [-0.39, 0.29) is 0 Å². The summed E-state index contributed by atoms with van der Waals surface area (Å²) in [6.07, 6.45) is 6.65. The van der Waals surface area contributed by atoms with Crippen molar-refractivity contribution in [3.8, 4) is 0 Å². The Kier molecular flexibility index (Phi) is 7.27. The maximum absolute atomic E-state index is 5.46. The van der Waals surface area contributed by atoms with Crippen molar-refractivity contribution in [1.29, 1.82) is 0 Å². The average Bonchev–Trinajstić information content (AvgIpc) is 2.69. The van der Waals surface area contributed by atoms with Gasteiger partial charge in [-0.1, -0.05) is 33.8 Å². The molecule has 1 saturated heterocycles. The molecule has 0 bridgehead atoms. The second-order valence-electron chi connectivity index (χ2n) is 3.51.